The molecule has 76 valence electrons. The van der Waals surface area contributed by atoms with E-state index in [0.29, 0.717) is 12.0 Å². The Labute approximate surface area is 81.1 Å². The van der Waals surface area contributed by atoms with E-state index in [1.165, 1.54) is 19.2 Å². The maximum atomic E-state index is 12.8. The van der Waals surface area contributed by atoms with Crippen molar-refractivity contribution in [3.63, 3.8) is 0 Å². The highest BCUT2D eigenvalue weighted by Crippen LogP contribution is 2.17. The van der Waals surface area contributed by atoms with Gasteiger partial charge >= 0.3 is 5.97 Å². The van der Waals surface area contributed by atoms with Crippen LogP contribution in [-0.2, 0) is 16.0 Å². The van der Waals surface area contributed by atoms with Gasteiger partial charge in [0.25, 0.3) is 0 Å². The van der Waals surface area contributed by atoms with E-state index in [2.05, 4.69) is 4.74 Å². The monoisotopic (exact) mass is 198 g/mol. The Kier molecular flexibility index (Phi) is 3.45. The second-order valence-corrected chi connectivity index (χ2v) is 2.86. The van der Waals surface area contributed by atoms with Crippen LogP contribution < -0.4 is 0 Å². The molecule has 0 aliphatic heterocycles. The minimum Gasteiger partial charge on any atom is -0.505 e. The molecule has 0 aliphatic carbocycles. The standard InChI is InChI=1S/C10H11FO3/c1-14-10(13)5-3-7-2-4-9(12)8(11)6-7/h2,4,6,12H,3,5H2,1H3. The van der Waals surface area contributed by atoms with Crippen molar-refractivity contribution in [1.82, 2.24) is 0 Å². The van der Waals surface area contributed by atoms with Gasteiger partial charge in [0, 0.05) is 6.42 Å². The van der Waals surface area contributed by atoms with Crippen LogP contribution >= 0.6 is 0 Å². The van der Waals surface area contributed by atoms with Gasteiger partial charge in [0.15, 0.2) is 11.6 Å². The Morgan fingerprint density at radius 3 is 2.86 bits per heavy atom. The molecule has 0 heterocycles. The van der Waals surface area contributed by atoms with Crippen molar-refractivity contribution in [3.8, 4) is 5.75 Å². The van der Waals surface area contributed by atoms with E-state index in [9.17, 15) is 9.18 Å². The second kappa shape index (κ2) is 4.60. The summed E-state index contributed by atoms with van der Waals surface area (Å²) in [5.41, 5.74) is 0.658. The molecule has 0 unspecified atom stereocenters. The fourth-order valence-electron chi connectivity index (χ4n) is 1.05. The van der Waals surface area contributed by atoms with Crippen LogP contribution in [0.3, 0.4) is 0 Å². The predicted octanol–water partition coefficient (Wildman–Crippen LogP) is 1.64. The number of ether oxygens (including phenoxy) is 1. The van der Waals surface area contributed by atoms with E-state index >= 15 is 0 Å². The van der Waals surface area contributed by atoms with E-state index in [4.69, 9.17) is 5.11 Å². The first-order valence-corrected chi connectivity index (χ1v) is 4.17. The van der Waals surface area contributed by atoms with Crippen molar-refractivity contribution in [3.05, 3.63) is 29.6 Å². The number of hydrogen-bond donors (Lipinski definition) is 1. The fourth-order valence-corrected chi connectivity index (χ4v) is 1.05. The van der Waals surface area contributed by atoms with Crippen molar-refractivity contribution >= 4 is 5.97 Å². The number of phenolic OH excluding ortho intramolecular Hbond substituents is 1. The number of methoxy groups -OCH3 is 1. The molecule has 14 heavy (non-hydrogen) atoms. The Morgan fingerprint density at radius 2 is 2.29 bits per heavy atom. The van der Waals surface area contributed by atoms with Crippen LogP contribution in [0.4, 0.5) is 4.39 Å². The van der Waals surface area contributed by atoms with Crippen molar-refractivity contribution in [2.24, 2.45) is 0 Å². The van der Waals surface area contributed by atoms with Gasteiger partial charge in [-0.25, -0.2) is 4.39 Å². The lowest BCUT2D eigenvalue weighted by Gasteiger charge is -2.01. The van der Waals surface area contributed by atoms with Crippen LogP contribution in [0.5, 0.6) is 5.75 Å². The first kappa shape index (κ1) is 10.5. The minimum absolute atomic E-state index is 0.209. The lowest BCUT2D eigenvalue weighted by Crippen LogP contribution is -2.01. The molecule has 1 N–H and O–H groups in total. The highest BCUT2D eigenvalue weighted by molar-refractivity contribution is 5.69. The molecule has 0 spiro atoms. The van der Waals surface area contributed by atoms with Gasteiger partial charge in [0.1, 0.15) is 0 Å². The molecule has 0 saturated carbocycles. The van der Waals surface area contributed by atoms with E-state index < -0.39 is 5.82 Å². The number of carbonyl (C=O) groups is 1. The zero-order chi connectivity index (χ0) is 10.6. The Morgan fingerprint density at radius 1 is 1.57 bits per heavy atom. The summed E-state index contributed by atoms with van der Waals surface area (Å²) in [6.45, 7) is 0. The molecule has 0 amide bonds. The largest absolute Gasteiger partial charge is 0.505 e. The van der Waals surface area contributed by atoms with Crippen LogP contribution in [0.25, 0.3) is 0 Å². The molecule has 1 aromatic carbocycles. The average molecular weight is 198 g/mol. The SMILES string of the molecule is COC(=O)CCc1ccc(O)c(F)c1. The van der Waals surface area contributed by atoms with E-state index in [0.717, 1.165) is 0 Å². The van der Waals surface area contributed by atoms with Gasteiger partial charge in [0.05, 0.1) is 7.11 Å². The third-order valence-corrected chi connectivity index (χ3v) is 1.86. The van der Waals surface area contributed by atoms with Gasteiger partial charge in [-0.05, 0) is 24.1 Å². The van der Waals surface area contributed by atoms with Crippen molar-refractivity contribution in [2.75, 3.05) is 7.11 Å². The predicted molar refractivity (Wildman–Crippen MR) is 48.4 cm³/mol. The Bertz CT molecular complexity index is 336. The molecule has 0 radical (unpaired) electrons. The number of hydrogen-bond acceptors (Lipinski definition) is 3. The van der Waals surface area contributed by atoms with E-state index in [-0.39, 0.29) is 18.1 Å². The zero-order valence-electron chi connectivity index (χ0n) is 7.79. The zero-order valence-corrected chi connectivity index (χ0v) is 7.79. The molecule has 0 bridgehead atoms. The summed E-state index contributed by atoms with van der Waals surface area (Å²) < 4.78 is 17.3. The molecule has 0 fully saturated rings. The van der Waals surface area contributed by atoms with Crippen molar-refractivity contribution in [1.29, 1.82) is 0 Å². The molecular weight excluding hydrogens is 187 g/mol. The van der Waals surface area contributed by atoms with Crippen LogP contribution in [0.15, 0.2) is 18.2 Å². The summed E-state index contributed by atoms with van der Waals surface area (Å²) >= 11 is 0. The number of benzene rings is 1. The Hall–Kier alpha value is -1.58. The first-order valence-electron chi connectivity index (χ1n) is 4.17. The first-order chi connectivity index (χ1) is 6.63. The highest BCUT2D eigenvalue weighted by Gasteiger charge is 2.04. The summed E-state index contributed by atoms with van der Waals surface area (Å²) in [6, 6.07) is 4.04. The van der Waals surface area contributed by atoms with Crippen LogP contribution in [0, 0.1) is 5.82 Å². The number of esters is 1. The molecule has 0 aliphatic rings. The second-order valence-electron chi connectivity index (χ2n) is 2.86. The molecule has 0 atom stereocenters. The van der Waals surface area contributed by atoms with Crippen LogP contribution in [0.1, 0.15) is 12.0 Å². The molecule has 1 aromatic rings. The molecule has 0 aromatic heterocycles. The van der Waals surface area contributed by atoms with Gasteiger partial charge in [-0.15, -0.1) is 0 Å². The normalized spacial score (nSPS) is 9.86. The highest BCUT2D eigenvalue weighted by atomic mass is 19.1. The topological polar surface area (TPSA) is 46.5 Å². The number of aryl methyl sites for hydroxylation is 1. The average Bonchev–Trinajstić information content (AvgIpc) is 2.19. The number of carbonyl (C=O) groups excluding carboxylic acids is 1. The number of aromatic hydroxyl groups is 1. The summed E-state index contributed by atoms with van der Waals surface area (Å²) in [5, 5.41) is 8.90. The molecular formula is C10H11FO3. The molecule has 3 nitrogen and oxygen atoms in total. The Balaban J connectivity index is 2.60. The minimum atomic E-state index is -0.674. The van der Waals surface area contributed by atoms with Gasteiger partial charge in [-0.1, -0.05) is 6.07 Å². The smallest absolute Gasteiger partial charge is 0.305 e. The van der Waals surface area contributed by atoms with Crippen molar-refractivity contribution < 1.29 is 19.0 Å². The van der Waals surface area contributed by atoms with Crippen molar-refractivity contribution in [2.45, 2.75) is 12.8 Å². The molecule has 0 saturated heterocycles. The maximum absolute atomic E-state index is 12.8. The lowest BCUT2D eigenvalue weighted by atomic mass is 10.1. The molecule has 4 heteroatoms. The van der Waals surface area contributed by atoms with E-state index in [1.807, 2.05) is 0 Å². The van der Waals surface area contributed by atoms with Gasteiger partial charge < -0.3 is 9.84 Å². The van der Waals surface area contributed by atoms with Crippen LogP contribution in [-0.4, -0.2) is 18.2 Å². The number of phenols is 1. The van der Waals surface area contributed by atoms with Crippen LogP contribution in [0.2, 0.25) is 0 Å². The summed E-state index contributed by atoms with van der Waals surface area (Å²) in [4.78, 5) is 10.8. The van der Waals surface area contributed by atoms with Gasteiger partial charge in [0.2, 0.25) is 0 Å². The summed E-state index contributed by atoms with van der Waals surface area (Å²) in [6.07, 6.45) is 0.616. The fraction of sp³-hybridized carbons (Fsp3) is 0.300. The number of rotatable bonds is 3. The van der Waals surface area contributed by atoms with Gasteiger partial charge in [-0.3, -0.25) is 4.79 Å². The molecule has 1 rings (SSSR count). The third-order valence-electron chi connectivity index (χ3n) is 1.86. The van der Waals surface area contributed by atoms with E-state index in [1.54, 1.807) is 6.07 Å². The lowest BCUT2D eigenvalue weighted by molar-refractivity contribution is -0.140. The third kappa shape index (κ3) is 2.73. The maximum Gasteiger partial charge on any atom is 0.305 e. The quantitative estimate of drug-likeness (QED) is 0.751. The summed E-state index contributed by atoms with van der Waals surface area (Å²) in [5.74, 6) is -1.39. The summed E-state index contributed by atoms with van der Waals surface area (Å²) in [7, 11) is 1.31. The van der Waals surface area contributed by atoms with Gasteiger partial charge in [-0.2, -0.15) is 0 Å². The number of halogens is 1.